The Labute approximate surface area is 142 Å². The molecule has 126 valence electrons. The molecule has 0 spiro atoms. The standard InChI is InChI=1S/C17H24ClN3O2/c1-12(16-11-20(2)7-8-23-16)19-17(22)21-6-5-13-3-4-15(18)9-14(13)10-21/h3-4,9,12,16H,5-8,10-11H2,1-2H3,(H,19,22)/t12-,16-/m1/s1. The van der Waals surface area contributed by atoms with Crippen LogP contribution in [0.5, 0.6) is 0 Å². The van der Waals surface area contributed by atoms with Crippen LogP contribution in [0, 0.1) is 0 Å². The van der Waals surface area contributed by atoms with Crippen molar-refractivity contribution in [3.05, 3.63) is 34.3 Å². The number of likely N-dealkylation sites (N-methyl/N-ethyl adjacent to an activating group) is 1. The monoisotopic (exact) mass is 337 g/mol. The van der Waals surface area contributed by atoms with E-state index < -0.39 is 0 Å². The summed E-state index contributed by atoms with van der Waals surface area (Å²) in [6.45, 7) is 5.87. The Kier molecular flexibility index (Phi) is 5.09. The second-order valence-corrected chi connectivity index (χ2v) is 6.93. The molecule has 23 heavy (non-hydrogen) atoms. The van der Waals surface area contributed by atoms with E-state index in [1.165, 1.54) is 5.56 Å². The van der Waals surface area contributed by atoms with Gasteiger partial charge in [-0.1, -0.05) is 17.7 Å². The number of benzene rings is 1. The van der Waals surface area contributed by atoms with Crippen LogP contribution in [0.3, 0.4) is 0 Å². The number of halogens is 1. The maximum absolute atomic E-state index is 12.5. The second-order valence-electron chi connectivity index (χ2n) is 6.49. The molecular weight excluding hydrogens is 314 g/mol. The van der Waals surface area contributed by atoms with Crippen LogP contribution in [0.25, 0.3) is 0 Å². The zero-order valence-electron chi connectivity index (χ0n) is 13.7. The van der Waals surface area contributed by atoms with Gasteiger partial charge in [-0.3, -0.25) is 0 Å². The van der Waals surface area contributed by atoms with Gasteiger partial charge in [0, 0.05) is 31.2 Å². The number of amides is 2. The van der Waals surface area contributed by atoms with Crippen LogP contribution >= 0.6 is 11.6 Å². The van der Waals surface area contributed by atoms with Gasteiger partial charge >= 0.3 is 6.03 Å². The van der Waals surface area contributed by atoms with Gasteiger partial charge in [0.25, 0.3) is 0 Å². The number of nitrogens with one attached hydrogen (secondary N) is 1. The molecule has 0 radical (unpaired) electrons. The Morgan fingerprint density at radius 2 is 2.22 bits per heavy atom. The predicted octanol–water partition coefficient (Wildman–Crippen LogP) is 2.13. The van der Waals surface area contributed by atoms with E-state index in [2.05, 4.69) is 23.3 Å². The fraction of sp³-hybridized carbons (Fsp3) is 0.588. The van der Waals surface area contributed by atoms with Gasteiger partial charge < -0.3 is 19.9 Å². The number of rotatable bonds is 2. The van der Waals surface area contributed by atoms with Crippen LogP contribution in [0.2, 0.25) is 5.02 Å². The summed E-state index contributed by atoms with van der Waals surface area (Å²) < 4.78 is 5.78. The lowest BCUT2D eigenvalue weighted by molar-refractivity contribution is -0.0340. The molecule has 0 unspecified atom stereocenters. The molecule has 2 heterocycles. The fourth-order valence-electron chi connectivity index (χ4n) is 3.19. The van der Waals surface area contributed by atoms with Crippen LogP contribution in [0.1, 0.15) is 18.1 Å². The molecule has 1 aromatic carbocycles. The van der Waals surface area contributed by atoms with E-state index in [-0.39, 0.29) is 18.2 Å². The average Bonchev–Trinajstić information content (AvgIpc) is 2.54. The molecule has 6 heteroatoms. The van der Waals surface area contributed by atoms with Crippen molar-refractivity contribution in [2.75, 3.05) is 33.3 Å². The fourth-order valence-corrected chi connectivity index (χ4v) is 3.39. The number of carbonyl (C=O) groups is 1. The lowest BCUT2D eigenvalue weighted by Crippen LogP contribution is -2.54. The number of morpholine rings is 1. The molecule has 0 bridgehead atoms. The van der Waals surface area contributed by atoms with Gasteiger partial charge in [0.05, 0.1) is 18.8 Å². The molecule has 0 aliphatic carbocycles. The SMILES string of the molecule is C[C@@H](NC(=O)N1CCc2ccc(Cl)cc2C1)[C@H]1CN(C)CCO1. The lowest BCUT2D eigenvalue weighted by Gasteiger charge is -2.36. The second kappa shape index (κ2) is 7.07. The highest BCUT2D eigenvalue weighted by Crippen LogP contribution is 2.22. The van der Waals surface area contributed by atoms with E-state index >= 15 is 0 Å². The number of fused-ring (bicyclic) bond motifs is 1. The van der Waals surface area contributed by atoms with Crippen molar-refractivity contribution < 1.29 is 9.53 Å². The van der Waals surface area contributed by atoms with Crippen LogP contribution < -0.4 is 5.32 Å². The van der Waals surface area contributed by atoms with Gasteiger partial charge in [-0.2, -0.15) is 0 Å². The van der Waals surface area contributed by atoms with Gasteiger partial charge in [-0.25, -0.2) is 4.79 Å². The molecule has 2 aliphatic heterocycles. The summed E-state index contributed by atoms with van der Waals surface area (Å²) in [4.78, 5) is 16.6. The summed E-state index contributed by atoms with van der Waals surface area (Å²) >= 11 is 6.06. The van der Waals surface area contributed by atoms with E-state index in [1.54, 1.807) is 0 Å². The van der Waals surface area contributed by atoms with Gasteiger partial charge in [0.15, 0.2) is 0 Å². The van der Waals surface area contributed by atoms with Crippen LogP contribution in [-0.4, -0.2) is 61.3 Å². The molecule has 5 nitrogen and oxygen atoms in total. The Morgan fingerprint density at radius 1 is 1.39 bits per heavy atom. The van der Waals surface area contributed by atoms with Crippen molar-refractivity contribution in [1.29, 1.82) is 0 Å². The number of urea groups is 1. The molecule has 1 fully saturated rings. The van der Waals surface area contributed by atoms with Crippen molar-refractivity contribution in [3.63, 3.8) is 0 Å². The maximum atomic E-state index is 12.5. The average molecular weight is 338 g/mol. The van der Waals surface area contributed by atoms with Crippen LogP contribution in [-0.2, 0) is 17.7 Å². The van der Waals surface area contributed by atoms with Crippen molar-refractivity contribution in [1.82, 2.24) is 15.1 Å². The van der Waals surface area contributed by atoms with E-state index in [1.807, 2.05) is 24.0 Å². The summed E-state index contributed by atoms with van der Waals surface area (Å²) in [5.74, 6) is 0. The molecule has 2 aliphatic rings. The van der Waals surface area contributed by atoms with Gasteiger partial charge in [0.2, 0.25) is 0 Å². The predicted molar refractivity (Wildman–Crippen MR) is 90.8 cm³/mol. The molecule has 1 saturated heterocycles. The lowest BCUT2D eigenvalue weighted by atomic mass is 10.0. The highest BCUT2D eigenvalue weighted by Gasteiger charge is 2.27. The van der Waals surface area contributed by atoms with Gasteiger partial charge in [0.1, 0.15) is 0 Å². The first-order chi connectivity index (χ1) is 11.0. The van der Waals surface area contributed by atoms with E-state index in [0.717, 1.165) is 43.2 Å². The molecule has 0 saturated carbocycles. The smallest absolute Gasteiger partial charge is 0.318 e. The number of carbonyl (C=O) groups excluding carboxylic acids is 1. The van der Waals surface area contributed by atoms with Crippen LogP contribution in [0.4, 0.5) is 4.79 Å². The molecule has 0 aromatic heterocycles. The highest BCUT2D eigenvalue weighted by molar-refractivity contribution is 6.30. The third-order valence-corrected chi connectivity index (χ3v) is 4.91. The molecule has 2 atom stereocenters. The minimum Gasteiger partial charge on any atom is -0.373 e. The van der Waals surface area contributed by atoms with Crippen molar-refractivity contribution in [2.24, 2.45) is 0 Å². The van der Waals surface area contributed by atoms with Gasteiger partial charge in [-0.15, -0.1) is 0 Å². The molecule has 2 amide bonds. The summed E-state index contributed by atoms with van der Waals surface area (Å²) in [6.07, 6.45) is 0.918. The van der Waals surface area contributed by atoms with Crippen molar-refractivity contribution >= 4 is 17.6 Å². The number of hydrogen-bond donors (Lipinski definition) is 1. The van der Waals surface area contributed by atoms with Crippen molar-refractivity contribution in [3.8, 4) is 0 Å². The Morgan fingerprint density at radius 3 is 3.00 bits per heavy atom. The first-order valence-electron chi connectivity index (χ1n) is 8.16. The Balaban J connectivity index is 1.58. The number of ether oxygens (including phenoxy) is 1. The summed E-state index contributed by atoms with van der Waals surface area (Å²) in [7, 11) is 2.08. The summed E-state index contributed by atoms with van der Waals surface area (Å²) in [6, 6.07) is 5.89. The van der Waals surface area contributed by atoms with Gasteiger partial charge in [-0.05, 0) is 43.7 Å². The zero-order chi connectivity index (χ0) is 16.4. The number of hydrogen-bond acceptors (Lipinski definition) is 3. The minimum absolute atomic E-state index is 0.00833. The van der Waals surface area contributed by atoms with Crippen molar-refractivity contribution in [2.45, 2.75) is 32.0 Å². The molecular formula is C17H24ClN3O2. The Hall–Kier alpha value is -1.30. The third kappa shape index (κ3) is 3.97. The largest absolute Gasteiger partial charge is 0.373 e. The first kappa shape index (κ1) is 16.6. The quantitative estimate of drug-likeness (QED) is 0.899. The maximum Gasteiger partial charge on any atom is 0.318 e. The normalized spacial score (nSPS) is 23.3. The summed E-state index contributed by atoms with van der Waals surface area (Å²) in [5, 5.41) is 3.81. The topological polar surface area (TPSA) is 44.8 Å². The summed E-state index contributed by atoms with van der Waals surface area (Å²) in [5.41, 5.74) is 2.42. The van der Waals surface area contributed by atoms with Crippen LogP contribution in [0.15, 0.2) is 18.2 Å². The highest BCUT2D eigenvalue weighted by atomic mass is 35.5. The molecule has 1 aromatic rings. The van der Waals surface area contributed by atoms with E-state index in [9.17, 15) is 4.79 Å². The van der Waals surface area contributed by atoms with E-state index in [0.29, 0.717) is 6.54 Å². The first-order valence-corrected chi connectivity index (χ1v) is 8.53. The number of nitrogens with zero attached hydrogens (tertiary/aromatic N) is 2. The van der Waals surface area contributed by atoms with E-state index in [4.69, 9.17) is 16.3 Å². The zero-order valence-corrected chi connectivity index (χ0v) is 14.5. The minimum atomic E-state index is -0.0278. The Bertz CT molecular complexity index is 581. The molecule has 1 N–H and O–H groups in total. The molecule has 3 rings (SSSR count). The third-order valence-electron chi connectivity index (χ3n) is 4.67.